The molecule has 1 aliphatic rings. The van der Waals surface area contributed by atoms with Crippen LogP contribution in [-0.2, 0) is 29.0 Å². The van der Waals surface area contributed by atoms with Crippen molar-refractivity contribution in [3.05, 3.63) is 69.5 Å². The molecule has 2 amide bonds. The molecule has 3 heterocycles. The first-order valence-corrected chi connectivity index (χ1v) is 13.2. The van der Waals surface area contributed by atoms with Gasteiger partial charge in [-0.15, -0.1) is 0 Å². The van der Waals surface area contributed by atoms with Crippen molar-refractivity contribution in [1.29, 1.82) is 0 Å². The highest BCUT2D eigenvalue weighted by Gasteiger charge is 2.21. The molecule has 38 heavy (non-hydrogen) atoms. The maximum atomic E-state index is 12.8. The van der Waals surface area contributed by atoms with Gasteiger partial charge in [0.05, 0.1) is 12.2 Å². The van der Waals surface area contributed by atoms with Crippen LogP contribution in [0.3, 0.4) is 0 Å². The number of benzene rings is 1. The first-order valence-electron chi connectivity index (χ1n) is 12.4. The van der Waals surface area contributed by atoms with Crippen molar-refractivity contribution in [2.24, 2.45) is 0 Å². The number of carbonyl (C=O) groups is 3. The molecule has 5 rings (SSSR count). The fraction of sp³-hybridized carbons (Fsp3) is 0.286. The molecular formula is C28H27BrN6O3. The van der Waals surface area contributed by atoms with Gasteiger partial charge in [-0.1, -0.05) is 6.07 Å². The normalized spacial score (nSPS) is 12.4. The summed E-state index contributed by atoms with van der Waals surface area (Å²) in [5, 5.41) is 6.16. The average Bonchev–Trinajstić information content (AvgIpc) is 3.11. The molecule has 0 spiro atoms. The van der Waals surface area contributed by atoms with Gasteiger partial charge in [-0.25, -0.2) is 15.0 Å². The summed E-state index contributed by atoms with van der Waals surface area (Å²) in [7, 11) is 0. The smallest absolute Gasteiger partial charge is 0.244 e. The van der Waals surface area contributed by atoms with Crippen molar-refractivity contribution in [2.45, 2.75) is 46.6 Å². The Morgan fingerprint density at radius 2 is 1.87 bits per heavy atom. The number of aromatic nitrogens is 4. The van der Waals surface area contributed by atoms with Gasteiger partial charge in [-0.2, -0.15) is 0 Å². The van der Waals surface area contributed by atoms with Crippen LogP contribution in [0.15, 0.2) is 41.3 Å². The van der Waals surface area contributed by atoms with E-state index in [1.165, 1.54) is 6.92 Å². The third-order valence-electron chi connectivity index (χ3n) is 6.70. The Balaban J connectivity index is 1.38. The number of hydrogen-bond acceptors (Lipinski definition) is 6. The van der Waals surface area contributed by atoms with Crippen LogP contribution in [-0.4, -0.2) is 43.7 Å². The molecule has 10 heteroatoms. The Morgan fingerprint density at radius 3 is 2.66 bits per heavy atom. The quantitative estimate of drug-likeness (QED) is 0.261. The number of amides is 2. The van der Waals surface area contributed by atoms with Gasteiger partial charge in [0.25, 0.3) is 0 Å². The number of rotatable bonds is 6. The number of anilines is 1. The highest BCUT2D eigenvalue weighted by molar-refractivity contribution is 9.10. The minimum atomic E-state index is -0.379. The number of fused-ring (bicyclic) bond motifs is 4. The van der Waals surface area contributed by atoms with E-state index in [0.717, 1.165) is 63.9 Å². The van der Waals surface area contributed by atoms with Crippen LogP contribution >= 0.6 is 15.9 Å². The first kappa shape index (κ1) is 25.7. The summed E-state index contributed by atoms with van der Waals surface area (Å²) in [4.78, 5) is 51.1. The average molecular weight is 575 g/mol. The Bertz CT molecular complexity index is 1610. The lowest BCUT2D eigenvalue weighted by Crippen LogP contribution is -2.35. The zero-order chi connectivity index (χ0) is 27.0. The van der Waals surface area contributed by atoms with Crippen LogP contribution in [0.2, 0.25) is 0 Å². The van der Waals surface area contributed by atoms with E-state index >= 15 is 0 Å². The number of aryl methyl sites for hydroxylation is 4. The highest BCUT2D eigenvalue weighted by Crippen LogP contribution is 2.36. The van der Waals surface area contributed by atoms with Gasteiger partial charge < -0.3 is 15.2 Å². The number of pyridine rings is 1. The number of ketones is 1. The SMILES string of the molecule is CC(=O)c1cn(CC(=O)NCC(=O)Nc2nc(Br)ccc2C)c2cc3c(cc12)-c1cnc(C)nc1CCC3. The number of nitrogens with one attached hydrogen (secondary N) is 2. The summed E-state index contributed by atoms with van der Waals surface area (Å²) >= 11 is 3.29. The van der Waals surface area contributed by atoms with Crippen LogP contribution in [0.4, 0.5) is 5.82 Å². The van der Waals surface area contributed by atoms with Crippen LogP contribution in [0.5, 0.6) is 0 Å². The van der Waals surface area contributed by atoms with Gasteiger partial charge >= 0.3 is 0 Å². The van der Waals surface area contributed by atoms with E-state index in [0.29, 0.717) is 16.0 Å². The van der Waals surface area contributed by atoms with E-state index in [4.69, 9.17) is 0 Å². The van der Waals surface area contributed by atoms with Gasteiger partial charge in [-0.3, -0.25) is 14.4 Å². The third kappa shape index (κ3) is 5.22. The van der Waals surface area contributed by atoms with E-state index in [1.807, 2.05) is 32.2 Å². The predicted molar refractivity (Wildman–Crippen MR) is 148 cm³/mol. The molecule has 0 saturated carbocycles. The van der Waals surface area contributed by atoms with Gasteiger partial charge in [0.1, 0.15) is 22.8 Å². The van der Waals surface area contributed by atoms with Crippen LogP contribution in [0.25, 0.3) is 22.0 Å². The molecule has 9 nitrogen and oxygen atoms in total. The lowest BCUT2D eigenvalue weighted by Gasteiger charge is -2.12. The van der Waals surface area contributed by atoms with Crippen molar-refractivity contribution >= 4 is 50.2 Å². The standard InChI is InChI=1S/C28H27BrN6O3/c1-15-7-8-25(29)33-28(15)34-26(37)12-31-27(38)14-35-13-22(16(2)36)20-10-19-18(9-24(20)35)5-4-6-23-21(19)11-30-17(3)32-23/h7-11,13H,4-6,12,14H2,1-3H3,(H,31,38)(H,33,34,37). The minimum absolute atomic E-state index is 0.0249. The minimum Gasteiger partial charge on any atom is -0.345 e. The number of nitrogens with zero attached hydrogens (tertiary/aromatic N) is 4. The Hall–Kier alpha value is -3.92. The molecular weight excluding hydrogens is 548 g/mol. The monoisotopic (exact) mass is 574 g/mol. The molecule has 194 valence electrons. The second-order valence-electron chi connectivity index (χ2n) is 9.51. The van der Waals surface area contributed by atoms with Crippen molar-refractivity contribution in [1.82, 2.24) is 24.8 Å². The lowest BCUT2D eigenvalue weighted by molar-refractivity contribution is -0.124. The Kier molecular flexibility index (Phi) is 7.07. The topological polar surface area (TPSA) is 119 Å². The van der Waals surface area contributed by atoms with E-state index in [1.54, 1.807) is 16.8 Å². The molecule has 0 atom stereocenters. The first-order chi connectivity index (χ1) is 18.2. The fourth-order valence-electron chi connectivity index (χ4n) is 4.82. The molecule has 1 aromatic carbocycles. The second kappa shape index (κ2) is 10.4. The number of hydrogen-bond donors (Lipinski definition) is 2. The van der Waals surface area contributed by atoms with Crippen molar-refractivity contribution in [2.75, 3.05) is 11.9 Å². The number of Topliss-reactive ketones (excluding diaryl/α,β-unsaturated/α-hetero) is 1. The molecule has 4 aromatic rings. The summed E-state index contributed by atoms with van der Waals surface area (Å²) in [5.41, 5.74) is 6.34. The highest BCUT2D eigenvalue weighted by atomic mass is 79.9. The number of halogens is 1. The molecule has 0 saturated heterocycles. The molecule has 0 fully saturated rings. The van der Waals surface area contributed by atoms with Crippen molar-refractivity contribution < 1.29 is 14.4 Å². The molecule has 1 aliphatic carbocycles. The van der Waals surface area contributed by atoms with E-state index in [-0.39, 0.29) is 30.7 Å². The van der Waals surface area contributed by atoms with Gasteiger partial charge in [0.2, 0.25) is 11.8 Å². The lowest BCUT2D eigenvalue weighted by atomic mass is 9.96. The molecule has 0 aliphatic heterocycles. The Labute approximate surface area is 228 Å². The summed E-state index contributed by atoms with van der Waals surface area (Å²) in [6.45, 7) is 5.02. The second-order valence-corrected chi connectivity index (χ2v) is 10.3. The molecule has 0 bridgehead atoms. The van der Waals surface area contributed by atoms with Gasteiger partial charge in [0.15, 0.2) is 5.78 Å². The van der Waals surface area contributed by atoms with Gasteiger partial charge in [-0.05, 0) is 90.9 Å². The predicted octanol–water partition coefficient (Wildman–Crippen LogP) is 4.32. The van der Waals surface area contributed by atoms with Crippen LogP contribution in [0.1, 0.15) is 46.3 Å². The van der Waals surface area contributed by atoms with Crippen LogP contribution in [0, 0.1) is 13.8 Å². The summed E-state index contributed by atoms with van der Waals surface area (Å²) in [6.07, 6.45) is 6.24. The molecule has 3 aromatic heterocycles. The maximum absolute atomic E-state index is 12.8. The number of carbonyl (C=O) groups excluding carboxylic acids is 3. The molecule has 0 unspecified atom stereocenters. The van der Waals surface area contributed by atoms with E-state index < -0.39 is 0 Å². The summed E-state index contributed by atoms with van der Waals surface area (Å²) < 4.78 is 2.38. The molecule has 2 N–H and O–H groups in total. The third-order valence-corrected chi connectivity index (χ3v) is 7.15. The van der Waals surface area contributed by atoms with Crippen molar-refractivity contribution in [3.63, 3.8) is 0 Å². The van der Waals surface area contributed by atoms with Crippen LogP contribution < -0.4 is 10.6 Å². The largest absolute Gasteiger partial charge is 0.345 e. The summed E-state index contributed by atoms with van der Waals surface area (Å²) in [6, 6.07) is 7.71. The zero-order valence-corrected chi connectivity index (χ0v) is 23.0. The zero-order valence-electron chi connectivity index (χ0n) is 21.4. The van der Waals surface area contributed by atoms with E-state index in [2.05, 4.69) is 47.6 Å². The molecule has 0 radical (unpaired) electrons. The Morgan fingerprint density at radius 1 is 1.05 bits per heavy atom. The van der Waals surface area contributed by atoms with Gasteiger partial charge in [0, 0.05) is 34.4 Å². The summed E-state index contributed by atoms with van der Waals surface area (Å²) in [5.74, 6) is 0.375. The van der Waals surface area contributed by atoms with E-state index in [9.17, 15) is 14.4 Å². The fourth-order valence-corrected chi connectivity index (χ4v) is 5.13. The maximum Gasteiger partial charge on any atom is 0.244 e. The van der Waals surface area contributed by atoms with Crippen molar-refractivity contribution in [3.8, 4) is 11.1 Å².